The van der Waals surface area contributed by atoms with Gasteiger partial charge >= 0.3 is 0 Å². The molecule has 0 radical (unpaired) electrons. The van der Waals surface area contributed by atoms with Crippen molar-refractivity contribution in [3.8, 4) is 0 Å². The molecule has 3 nitrogen and oxygen atoms in total. The zero-order chi connectivity index (χ0) is 14.5. The molecule has 0 saturated heterocycles. The van der Waals surface area contributed by atoms with E-state index in [4.69, 9.17) is 0 Å². The lowest BCUT2D eigenvalue weighted by Crippen LogP contribution is -2.22. The molecule has 0 aliphatic heterocycles. The number of rotatable bonds is 5. The fourth-order valence-electron chi connectivity index (χ4n) is 2.03. The van der Waals surface area contributed by atoms with Crippen molar-refractivity contribution in [3.63, 3.8) is 0 Å². The highest BCUT2D eigenvalue weighted by molar-refractivity contribution is 5.31. The predicted octanol–water partition coefficient (Wildman–Crippen LogP) is 3.18. The summed E-state index contributed by atoms with van der Waals surface area (Å²) in [4.78, 5) is 8.99. The van der Waals surface area contributed by atoms with E-state index in [0.29, 0.717) is 6.04 Å². The maximum atomic E-state index is 4.62. The number of hydrogen-bond acceptors (Lipinski definition) is 3. The van der Waals surface area contributed by atoms with Crippen LogP contribution in [0.1, 0.15) is 42.1 Å². The zero-order valence-electron chi connectivity index (χ0n) is 12.8. The number of nitrogens with zero attached hydrogens (tertiary/aromatic N) is 2. The van der Waals surface area contributed by atoms with Crippen molar-refractivity contribution >= 4 is 0 Å². The van der Waals surface area contributed by atoms with Gasteiger partial charge in [0.05, 0.1) is 5.69 Å². The minimum Gasteiger partial charge on any atom is -0.309 e. The van der Waals surface area contributed by atoms with Gasteiger partial charge in [-0.1, -0.05) is 32.0 Å². The summed E-state index contributed by atoms with van der Waals surface area (Å²) in [6.45, 7) is 9.34. The molecule has 2 aromatic rings. The van der Waals surface area contributed by atoms with Crippen LogP contribution in [0, 0.1) is 13.8 Å². The van der Waals surface area contributed by atoms with Crippen LogP contribution < -0.4 is 5.32 Å². The van der Waals surface area contributed by atoms with E-state index >= 15 is 0 Å². The van der Waals surface area contributed by atoms with Gasteiger partial charge in [0.25, 0.3) is 0 Å². The van der Waals surface area contributed by atoms with E-state index in [0.717, 1.165) is 24.5 Å². The maximum Gasteiger partial charge on any atom is 0.132 e. The SMILES string of the molecule is Cc1ccc(Cc2nccc(CNC(C)C)n2)cc1C. The van der Waals surface area contributed by atoms with Gasteiger partial charge in [-0.3, -0.25) is 0 Å². The molecule has 0 amide bonds. The van der Waals surface area contributed by atoms with Crippen LogP contribution in [0.25, 0.3) is 0 Å². The summed E-state index contributed by atoms with van der Waals surface area (Å²) in [6, 6.07) is 8.98. The molecule has 1 aromatic carbocycles. The Kier molecular flexibility index (Phi) is 4.85. The van der Waals surface area contributed by atoms with Gasteiger partial charge in [0.2, 0.25) is 0 Å². The Hall–Kier alpha value is -1.74. The van der Waals surface area contributed by atoms with Crippen LogP contribution >= 0.6 is 0 Å². The third-order valence-electron chi connectivity index (χ3n) is 3.39. The lowest BCUT2D eigenvalue weighted by Gasteiger charge is -2.09. The highest BCUT2D eigenvalue weighted by Gasteiger charge is 2.03. The van der Waals surface area contributed by atoms with Crippen LogP contribution in [-0.2, 0) is 13.0 Å². The Balaban J connectivity index is 2.08. The highest BCUT2D eigenvalue weighted by atomic mass is 14.9. The van der Waals surface area contributed by atoms with E-state index in [1.54, 1.807) is 0 Å². The average Bonchev–Trinajstić information content (AvgIpc) is 2.41. The molecule has 0 aliphatic rings. The lowest BCUT2D eigenvalue weighted by molar-refractivity contribution is 0.579. The number of benzene rings is 1. The Labute approximate surface area is 121 Å². The van der Waals surface area contributed by atoms with Crippen LogP contribution in [0.4, 0.5) is 0 Å². The fourth-order valence-corrected chi connectivity index (χ4v) is 2.03. The van der Waals surface area contributed by atoms with Gasteiger partial charge in [-0.2, -0.15) is 0 Å². The van der Waals surface area contributed by atoms with E-state index in [-0.39, 0.29) is 0 Å². The highest BCUT2D eigenvalue weighted by Crippen LogP contribution is 2.12. The molecule has 106 valence electrons. The first-order valence-corrected chi connectivity index (χ1v) is 7.15. The van der Waals surface area contributed by atoms with Gasteiger partial charge in [-0.05, 0) is 36.6 Å². The first kappa shape index (κ1) is 14.7. The molecule has 0 fully saturated rings. The van der Waals surface area contributed by atoms with Gasteiger partial charge < -0.3 is 5.32 Å². The van der Waals surface area contributed by atoms with Crippen molar-refractivity contribution in [2.24, 2.45) is 0 Å². The molecule has 0 spiro atoms. The molecular formula is C17H23N3. The van der Waals surface area contributed by atoms with Gasteiger partial charge in [0.15, 0.2) is 0 Å². The summed E-state index contributed by atoms with van der Waals surface area (Å²) < 4.78 is 0. The van der Waals surface area contributed by atoms with Crippen LogP contribution in [0.3, 0.4) is 0 Å². The second kappa shape index (κ2) is 6.62. The first-order chi connectivity index (χ1) is 9.54. The molecule has 0 aliphatic carbocycles. The third-order valence-corrected chi connectivity index (χ3v) is 3.39. The number of nitrogens with one attached hydrogen (secondary N) is 1. The molecule has 3 heteroatoms. The molecule has 1 heterocycles. The topological polar surface area (TPSA) is 37.8 Å². The van der Waals surface area contributed by atoms with E-state index in [2.05, 4.69) is 61.2 Å². The van der Waals surface area contributed by atoms with Crippen molar-refractivity contribution in [2.75, 3.05) is 0 Å². The Morgan fingerprint density at radius 3 is 2.60 bits per heavy atom. The summed E-state index contributed by atoms with van der Waals surface area (Å²) in [6.07, 6.45) is 2.64. The first-order valence-electron chi connectivity index (χ1n) is 7.15. The fraction of sp³-hybridized carbons (Fsp3) is 0.412. The normalized spacial score (nSPS) is 11.1. The van der Waals surface area contributed by atoms with Crippen molar-refractivity contribution in [2.45, 2.75) is 46.7 Å². The van der Waals surface area contributed by atoms with Crippen molar-refractivity contribution in [3.05, 3.63) is 58.7 Å². The zero-order valence-corrected chi connectivity index (χ0v) is 12.8. The quantitative estimate of drug-likeness (QED) is 0.906. The van der Waals surface area contributed by atoms with Crippen molar-refractivity contribution in [1.29, 1.82) is 0 Å². The van der Waals surface area contributed by atoms with E-state index in [1.807, 2.05) is 12.3 Å². The Bertz CT molecular complexity index is 576. The third kappa shape index (κ3) is 4.14. The number of aromatic nitrogens is 2. The summed E-state index contributed by atoms with van der Waals surface area (Å²) >= 11 is 0. The molecule has 2 rings (SSSR count). The summed E-state index contributed by atoms with van der Waals surface area (Å²) in [5.41, 5.74) is 4.96. The molecule has 20 heavy (non-hydrogen) atoms. The largest absolute Gasteiger partial charge is 0.309 e. The Morgan fingerprint density at radius 2 is 1.90 bits per heavy atom. The van der Waals surface area contributed by atoms with Crippen LogP contribution in [0.15, 0.2) is 30.5 Å². The summed E-state index contributed by atoms with van der Waals surface area (Å²) in [5.74, 6) is 0.885. The van der Waals surface area contributed by atoms with E-state index in [9.17, 15) is 0 Å². The van der Waals surface area contributed by atoms with Gasteiger partial charge in [-0.15, -0.1) is 0 Å². The Morgan fingerprint density at radius 1 is 1.10 bits per heavy atom. The van der Waals surface area contributed by atoms with Crippen molar-refractivity contribution < 1.29 is 0 Å². The lowest BCUT2D eigenvalue weighted by atomic mass is 10.0. The minimum absolute atomic E-state index is 0.466. The second-order valence-corrected chi connectivity index (χ2v) is 5.60. The van der Waals surface area contributed by atoms with Crippen LogP contribution in [-0.4, -0.2) is 16.0 Å². The predicted molar refractivity (Wildman–Crippen MR) is 82.7 cm³/mol. The van der Waals surface area contributed by atoms with Crippen LogP contribution in [0.5, 0.6) is 0 Å². The summed E-state index contributed by atoms with van der Waals surface area (Å²) in [7, 11) is 0. The molecule has 0 unspecified atom stereocenters. The number of aryl methyl sites for hydroxylation is 2. The van der Waals surface area contributed by atoms with Gasteiger partial charge in [0, 0.05) is 25.2 Å². The molecule has 0 saturated carbocycles. The molecule has 1 N–H and O–H groups in total. The minimum atomic E-state index is 0.466. The molecule has 1 aromatic heterocycles. The molecular weight excluding hydrogens is 246 g/mol. The molecule has 0 atom stereocenters. The van der Waals surface area contributed by atoms with E-state index in [1.165, 1.54) is 16.7 Å². The maximum absolute atomic E-state index is 4.62. The van der Waals surface area contributed by atoms with Crippen LogP contribution in [0.2, 0.25) is 0 Å². The monoisotopic (exact) mass is 269 g/mol. The number of hydrogen-bond donors (Lipinski definition) is 1. The van der Waals surface area contributed by atoms with E-state index < -0.39 is 0 Å². The van der Waals surface area contributed by atoms with Gasteiger partial charge in [0.1, 0.15) is 5.82 Å². The standard InChI is InChI=1S/C17H23N3/c1-12(2)19-11-16-7-8-18-17(20-16)10-15-6-5-13(3)14(4)9-15/h5-9,12,19H,10-11H2,1-4H3. The smallest absolute Gasteiger partial charge is 0.132 e. The summed E-state index contributed by atoms with van der Waals surface area (Å²) in [5, 5.41) is 3.38. The van der Waals surface area contributed by atoms with Crippen molar-refractivity contribution in [1.82, 2.24) is 15.3 Å². The average molecular weight is 269 g/mol. The second-order valence-electron chi connectivity index (χ2n) is 5.60. The van der Waals surface area contributed by atoms with Gasteiger partial charge in [-0.25, -0.2) is 9.97 Å². The molecule has 0 bridgehead atoms.